The lowest BCUT2D eigenvalue weighted by Gasteiger charge is -2.32. The summed E-state index contributed by atoms with van der Waals surface area (Å²) in [5, 5.41) is 13.5. The first-order chi connectivity index (χ1) is 17.1. The van der Waals surface area contributed by atoms with Gasteiger partial charge in [-0.25, -0.2) is 4.68 Å². The molecule has 10 nitrogen and oxygen atoms in total. The fourth-order valence-corrected chi connectivity index (χ4v) is 4.70. The maximum absolute atomic E-state index is 13.5. The smallest absolute Gasteiger partial charge is 0.253 e. The summed E-state index contributed by atoms with van der Waals surface area (Å²) < 4.78 is 18.7. The predicted molar refractivity (Wildman–Crippen MR) is 129 cm³/mol. The van der Waals surface area contributed by atoms with Gasteiger partial charge in [-0.15, -0.1) is 5.10 Å². The number of fused-ring (bicyclic) bond motifs is 1. The summed E-state index contributed by atoms with van der Waals surface area (Å²) in [6, 6.07) is 11.2. The standard InChI is InChI=1S/C25H30N6O4/c1-17-7-8-22-18(13-17)14-21(25(32)26-22)23(24-27-28-29-31(24)9-12-33-2)30(15-19-5-3-10-34-19)16-20-6-4-11-35-20/h3,5,7-8,10,13-14,20,23H,4,6,9,11-12,15-16H2,1-2H3,(H,26,32)/t20-,23+/m0/s1. The second-order valence-corrected chi connectivity index (χ2v) is 8.94. The molecule has 10 heteroatoms. The van der Waals surface area contributed by atoms with Crippen LogP contribution in [0, 0.1) is 6.92 Å². The predicted octanol–water partition coefficient (Wildman–Crippen LogP) is 2.83. The summed E-state index contributed by atoms with van der Waals surface area (Å²) in [5.41, 5.74) is 2.30. The molecule has 0 amide bonds. The van der Waals surface area contributed by atoms with Crippen molar-refractivity contribution < 1.29 is 13.9 Å². The highest BCUT2D eigenvalue weighted by atomic mass is 16.5. The van der Waals surface area contributed by atoms with E-state index in [9.17, 15) is 4.79 Å². The van der Waals surface area contributed by atoms with Crippen LogP contribution >= 0.6 is 0 Å². The van der Waals surface area contributed by atoms with Crippen molar-refractivity contribution in [3.8, 4) is 0 Å². The Balaban J connectivity index is 1.65. The normalized spacial score (nSPS) is 16.9. The van der Waals surface area contributed by atoms with Gasteiger partial charge in [0.2, 0.25) is 0 Å². The van der Waals surface area contributed by atoms with Crippen molar-refractivity contribution in [2.75, 3.05) is 26.9 Å². The van der Waals surface area contributed by atoms with Gasteiger partial charge in [0.15, 0.2) is 5.82 Å². The zero-order valence-electron chi connectivity index (χ0n) is 20.0. The van der Waals surface area contributed by atoms with Crippen molar-refractivity contribution >= 4 is 10.9 Å². The van der Waals surface area contributed by atoms with Crippen LogP contribution in [0.1, 0.15) is 41.6 Å². The molecule has 1 saturated heterocycles. The molecule has 0 saturated carbocycles. The number of aryl methyl sites for hydroxylation is 1. The minimum absolute atomic E-state index is 0.0533. The molecule has 0 spiro atoms. The molecule has 1 aliphatic heterocycles. The number of benzene rings is 1. The second-order valence-electron chi connectivity index (χ2n) is 8.94. The van der Waals surface area contributed by atoms with E-state index >= 15 is 0 Å². The van der Waals surface area contributed by atoms with Gasteiger partial charge in [-0.05, 0) is 65.9 Å². The van der Waals surface area contributed by atoms with E-state index in [4.69, 9.17) is 13.9 Å². The Hall–Kier alpha value is -3.34. The van der Waals surface area contributed by atoms with Crippen molar-refractivity contribution in [2.24, 2.45) is 0 Å². The van der Waals surface area contributed by atoms with Crippen LogP contribution in [0.25, 0.3) is 10.9 Å². The molecule has 184 valence electrons. The van der Waals surface area contributed by atoms with E-state index in [0.29, 0.717) is 37.6 Å². The Morgan fingerprint density at radius 2 is 2.23 bits per heavy atom. The van der Waals surface area contributed by atoms with Gasteiger partial charge in [0.25, 0.3) is 5.56 Å². The van der Waals surface area contributed by atoms with E-state index in [-0.39, 0.29) is 11.7 Å². The third-order valence-corrected chi connectivity index (χ3v) is 6.40. The molecule has 4 heterocycles. The molecule has 5 rings (SSSR count). The second kappa shape index (κ2) is 10.5. The van der Waals surface area contributed by atoms with Crippen LogP contribution < -0.4 is 5.56 Å². The summed E-state index contributed by atoms with van der Waals surface area (Å²) in [4.78, 5) is 18.7. The molecule has 1 fully saturated rings. The van der Waals surface area contributed by atoms with E-state index in [1.807, 2.05) is 37.3 Å². The fraction of sp³-hybridized carbons (Fsp3) is 0.440. The highest BCUT2D eigenvalue weighted by Gasteiger charge is 2.33. The van der Waals surface area contributed by atoms with E-state index < -0.39 is 6.04 Å². The van der Waals surface area contributed by atoms with E-state index in [0.717, 1.165) is 41.7 Å². The topological polar surface area (TPSA) is 111 Å². The van der Waals surface area contributed by atoms with Crippen LogP contribution in [0.3, 0.4) is 0 Å². The molecule has 1 N–H and O–H groups in total. The van der Waals surface area contributed by atoms with Gasteiger partial charge in [-0.2, -0.15) is 0 Å². The number of furan rings is 1. The van der Waals surface area contributed by atoms with Gasteiger partial charge in [0.05, 0.1) is 32.1 Å². The lowest BCUT2D eigenvalue weighted by Crippen LogP contribution is -2.39. The molecule has 3 aromatic heterocycles. The van der Waals surface area contributed by atoms with Crippen LogP contribution in [-0.4, -0.2) is 63.1 Å². The van der Waals surface area contributed by atoms with Crippen molar-refractivity contribution in [1.82, 2.24) is 30.1 Å². The molecule has 0 aliphatic carbocycles. The summed E-state index contributed by atoms with van der Waals surface area (Å²) in [7, 11) is 1.64. The number of hydrogen-bond acceptors (Lipinski definition) is 8. The molecule has 0 bridgehead atoms. The number of hydrogen-bond donors (Lipinski definition) is 1. The van der Waals surface area contributed by atoms with Gasteiger partial charge in [0, 0.05) is 31.3 Å². The van der Waals surface area contributed by atoms with Crippen LogP contribution in [-0.2, 0) is 22.6 Å². The molecule has 4 aromatic rings. The van der Waals surface area contributed by atoms with E-state index in [2.05, 4.69) is 31.5 Å². The largest absolute Gasteiger partial charge is 0.468 e. The van der Waals surface area contributed by atoms with Crippen LogP contribution in [0.5, 0.6) is 0 Å². The maximum Gasteiger partial charge on any atom is 0.253 e. The van der Waals surface area contributed by atoms with Gasteiger partial charge >= 0.3 is 0 Å². The molecular formula is C25H30N6O4. The number of aromatic amines is 1. The molecule has 0 radical (unpaired) electrons. The van der Waals surface area contributed by atoms with Gasteiger partial charge in [0.1, 0.15) is 11.8 Å². The summed E-state index contributed by atoms with van der Waals surface area (Å²) >= 11 is 0. The number of tetrazole rings is 1. The van der Waals surface area contributed by atoms with Gasteiger partial charge in [-0.3, -0.25) is 9.69 Å². The molecule has 2 atom stereocenters. The van der Waals surface area contributed by atoms with Gasteiger partial charge < -0.3 is 18.9 Å². The number of H-pyrrole nitrogens is 1. The first-order valence-corrected chi connectivity index (χ1v) is 11.9. The van der Waals surface area contributed by atoms with Gasteiger partial charge in [-0.1, -0.05) is 11.6 Å². The minimum atomic E-state index is -0.523. The fourth-order valence-electron chi connectivity index (χ4n) is 4.70. The SMILES string of the molecule is COCCn1nnnc1[C@@H](c1cc2cc(C)ccc2[nH]c1=O)N(Cc1ccco1)C[C@@H]1CCCO1. The number of pyridine rings is 1. The third-order valence-electron chi connectivity index (χ3n) is 6.40. The maximum atomic E-state index is 13.5. The highest BCUT2D eigenvalue weighted by molar-refractivity contribution is 5.79. The minimum Gasteiger partial charge on any atom is -0.468 e. The van der Waals surface area contributed by atoms with Crippen LogP contribution in [0.2, 0.25) is 0 Å². The Kier molecular flexibility index (Phi) is 7.03. The zero-order chi connectivity index (χ0) is 24.2. The summed E-state index contributed by atoms with van der Waals surface area (Å²) in [6.07, 6.45) is 3.69. The highest BCUT2D eigenvalue weighted by Crippen LogP contribution is 2.30. The van der Waals surface area contributed by atoms with Crippen molar-refractivity contribution in [2.45, 2.75) is 45.0 Å². The molecular weight excluding hydrogens is 448 g/mol. The first kappa shape index (κ1) is 23.4. The number of aromatic nitrogens is 5. The van der Waals surface area contributed by atoms with Crippen molar-refractivity contribution in [3.05, 3.63) is 75.7 Å². The first-order valence-electron chi connectivity index (χ1n) is 11.9. The average molecular weight is 479 g/mol. The Bertz CT molecular complexity index is 1310. The average Bonchev–Trinajstić information content (AvgIpc) is 3.62. The Labute approximate surface area is 202 Å². The monoisotopic (exact) mass is 478 g/mol. The number of methoxy groups -OCH3 is 1. The van der Waals surface area contributed by atoms with Crippen molar-refractivity contribution in [1.29, 1.82) is 0 Å². The van der Waals surface area contributed by atoms with E-state index in [1.165, 1.54) is 0 Å². The van der Waals surface area contributed by atoms with Crippen LogP contribution in [0.15, 0.2) is 51.9 Å². The summed E-state index contributed by atoms with van der Waals surface area (Å²) in [6.45, 7) is 4.77. The third kappa shape index (κ3) is 5.19. The quantitative estimate of drug-likeness (QED) is 0.370. The number of rotatable bonds is 10. The number of nitrogens with zero attached hydrogens (tertiary/aromatic N) is 5. The number of nitrogens with one attached hydrogen (secondary N) is 1. The molecule has 35 heavy (non-hydrogen) atoms. The summed E-state index contributed by atoms with van der Waals surface area (Å²) in [5.74, 6) is 1.36. The molecule has 0 unspecified atom stereocenters. The lowest BCUT2D eigenvalue weighted by atomic mass is 10.0. The van der Waals surface area contributed by atoms with Crippen molar-refractivity contribution in [3.63, 3.8) is 0 Å². The Morgan fingerprint density at radius 1 is 1.31 bits per heavy atom. The molecule has 1 aromatic carbocycles. The van der Waals surface area contributed by atoms with E-state index in [1.54, 1.807) is 18.1 Å². The Morgan fingerprint density at radius 3 is 3.00 bits per heavy atom. The van der Waals surface area contributed by atoms with Crippen LogP contribution in [0.4, 0.5) is 0 Å². The molecule has 1 aliphatic rings. The zero-order valence-corrected chi connectivity index (χ0v) is 20.0. The number of ether oxygens (including phenoxy) is 2. The lowest BCUT2D eigenvalue weighted by molar-refractivity contribution is 0.0541.